The summed E-state index contributed by atoms with van der Waals surface area (Å²) in [5.41, 5.74) is 3.20. The van der Waals surface area contributed by atoms with E-state index in [9.17, 15) is 4.39 Å². The van der Waals surface area contributed by atoms with Crippen molar-refractivity contribution in [2.75, 3.05) is 6.61 Å². The van der Waals surface area contributed by atoms with Gasteiger partial charge in [-0.1, -0.05) is 12.2 Å². The molecule has 0 radical (unpaired) electrons. The first-order valence-corrected chi connectivity index (χ1v) is 6.82. The van der Waals surface area contributed by atoms with Crippen molar-refractivity contribution in [1.29, 1.82) is 0 Å². The van der Waals surface area contributed by atoms with Crippen LogP contribution in [-0.2, 0) is 11.2 Å². The monoisotopic (exact) mass is 258 g/mol. The quantitative estimate of drug-likeness (QED) is 0.783. The number of allylic oxidation sites excluding steroid dienone is 1. The zero-order valence-electron chi connectivity index (χ0n) is 10.6. The Kier molecular flexibility index (Phi) is 2.45. The Bertz CT molecular complexity index is 668. The van der Waals surface area contributed by atoms with E-state index in [1.165, 1.54) is 5.56 Å². The van der Waals surface area contributed by atoms with Gasteiger partial charge in [0.15, 0.2) is 6.23 Å². The number of fused-ring (bicyclic) bond motifs is 2. The molecule has 1 fully saturated rings. The lowest BCUT2D eigenvalue weighted by molar-refractivity contribution is -0.0375. The molecule has 0 spiro atoms. The molecule has 4 rings (SSSR count). The maximum atomic E-state index is 14.0. The van der Waals surface area contributed by atoms with Crippen molar-refractivity contribution in [3.05, 3.63) is 35.3 Å². The van der Waals surface area contributed by atoms with E-state index >= 15 is 0 Å². The van der Waals surface area contributed by atoms with E-state index in [1.807, 2.05) is 12.1 Å². The molecule has 1 aromatic heterocycles. The van der Waals surface area contributed by atoms with Crippen molar-refractivity contribution >= 4 is 17.0 Å². The lowest BCUT2D eigenvalue weighted by atomic mass is 10.1. The van der Waals surface area contributed by atoms with E-state index in [2.05, 4.69) is 17.2 Å². The molecule has 19 heavy (non-hydrogen) atoms. The molecule has 1 aliphatic carbocycles. The molecular formula is C15H15FN2O. The molecule has 3 nitrogen and oxygen atoms in total. The summed E-state index contributed by atoms with van der Waals surface area (Å²) in [6, 6.07) is 3.95. The van der Waals surface area contributed by atoms with Gasteiger partial charge in [0.05, 0.1) is 10.9 Å². The van der Waals surface area contributed by atoms with Gasteiger partial charge in [-0.15, -0.1) is 5.10 Å². The number of aromatic nitrogens is 2. The predicted octanol–water partition coefficient (Wildman–Crippen LogP) is 3.44. The standard InChI is InChI=1S/C15H15FN2O/c16-15-12-8-10-4-3-5-11(10)9-13(12)18(17-15)14-6-1-2-7-19-14/h3-4,8-9,14H,1-2,5-7H2. The lowest BCUT2D eigenvalue weighted by Gasteiger charge is -2.23. The Morgan fingerprint density at radius 1 is 1.32 bits per heavy atom. The van der Waals surface area contributed by atoms with Gasteiger partial charge in [0.25, 0.3) is 0 Å². The fraction of sp³-hybridized carbons (Fsp3) is 0.400. The summed E-state index contributed by atoms with van der Waals surface area (Å²) in [4.78, 5) is 0. The van der Waals surface area contributed by atoms with Crippen LogP contribution in [0.15, 0.2) is 18.2 Å². The minimum absolute atomic E-state index is 0.117. The third-order valence-electron chi connectivity index (χ3n) is 3.99. The molecule has 2 aliphatic rings. The van der Waals surface area contributed by atoms with E-state index in [0.29, 0.717) is 5.39 Å². The topological polar surface area (TPSA) is 27.1 Å². The number of hydrogen-bond donors (Lipinski definition) is 0. The van der Waals surface area contributed by atoms with Gasteiger partial charge in [0, 0.05) is 6.61 Å². The number of halogens is 1. The van der Waals surface area contributed by atoms with Gasteiger partial charge in [-0.2, -0.15) is 4.39 Å². The molecular weight excluding hydrogens is 243 g/mol. The molecule has 98 valence electrons. The van der Waals surface area contributed by atoms with Crippen LogP contribution < -0.4 is 0 Å². The largest absolute Gasteiger partial charge is 0.356 e. The van der Waals surface area contributed by atoms with Crippen LogP contribution in [0.2, 0.25) is 0 Å². The van der Waals surface area contributed by atoms with Crippen LogP contribution in [0.5, 0.6) is 0 Å². The lowest BCUT2D eigenvalue weighted by Crippen LogP contribution is -2.19. The first-order chi connectivity index (χ1) is 9.33. The van der Waals surface area contributed by atoms with Crippen LogP contribution in [0.25, 0.3) is 17.0 Å². The highest BCUT2D eigenvalue weighted by Gasteiger charge is 2.22. The Morgan fingerprint density at radius 2 is 2.26 bits per heavy atom. The Morgan fingerprint density at radius 3 is 3.11 bits per heavy atom. The van der Waals surface area contributed by atoms with Crippen molar-refractivity contribution < 1.29 is 9.13 Å². The maximum Gasteiger partial charge on any atom is 0.240 e. The first kappa shape index (κ1) is 11.2. The van der Waals surface area contributed by atoms with Crippen LogP contribution in [0.1, 0.15) is 36.6 Å². The van der Waals surface area contributed by atoms with Crippen molar-refractivity contribution in [1.82, 2.24) is 9.78 Å². The summed E-state index contributed by atoms with van der Waals surface area (Å²) < 4.78 is 21.5. The Hall–Kier alpha value is -1.68. The Balaban J connectivity index is 1.87. The van der Waals surface area contributed by atoms with Crippen molar-refractivity contribution in [2.45, 2.75) is 31.9 Å². The maximum absolute atomic E-state index is 14.0. The molecule has 1 aromatic carbocycles. The molecule has 1 aliphatic heterocycles. The minimum Gasteiger partial charge on any atom is -0.356 e. The first-order valence-electron chi connectivity index (χ1n) is 6.82. The van der Waals surface area contributed by atoms with Gasteiger partial charge in [0.1, 0.15) is 0 Å². The van der Waals surface area contributed by atoms with Gasteiger partial charge in [-0.05, 0) is 48.9 Å². The van der Waals surface area contributed by atoms with Crippen LogP contribution in [0.3, 0.4) is 0 Å². The molecule has 2 heterocycles. The fourth-order valence-electron chi connectivity index (χ4n) is 2.99. The highest BCUT2D eigenvalue weighted by Crippen LogP contribution is 2.31. The summed E-state index contributed by atoms with van der Waals surface area (Å²) >= 11 is 0. The summed E-state index contributed by atoms with van der Waals surface area (Å²) in [5.74, 6) is -0.396. The van der Waals surface area contributed by atoms with Gasteiger partial charge in [-0.25, -0.2) is 4.68 Å². The minimum atomic E-state index is -0.396. The predicted molar refractivity (Wildman–Crippen MR) is 71.3 cm³/mol. The molecule has 0 N–H and O–H groups in total. The number of nitrogens with zero attached hydrogens (tertiary/aromatic N) is 2. The van der Waals surface area contributed by atoms with Crippen molar-refractivity contribution in [2.24, 2.45) is 0 Å². The van der Waals surface area contributed by atoms with Crippen LogP contribution in [0.4, 0.5) is 4.39 Å². The molecule has 0 bridgehead atoms. The second-order valence-electron chi connectivity index (χ2n) is 5.23. The summed E-state index contributed by atoms with van der Waals surface area (Å²) in [6.45, 7) is 0.736. The van der Waals surface area contributed by atoms with Gasteiger partial charge < -0.3 is 4.74 Å². The number of hydrogen-bond acceptors (Lipinski definition) is 2. The average Bonchev–Trinajstić information content (AvgIpc) is 3.02. The second-order valence-corrected chi connectivity index (χ2v) is 5.23. The molecule has 0 saturated carbocycles. The zero-order chi connectivity index (χ0) is 12.8. The second kappa shape index (κ2) is 4.17. The molecule has 0 amide bonds. The van der Waals surface area contributed by atoms with E-state index in [-0.39, 0.29) is 6.23 Å². The van der Waals surface area contributed by atoms with E-state index in [0.717, 1.165) is 43.4 Å². The smallest absolute Gasteiger partial charge is 0.240 e. The third kappa shape index (κ3) is 1.70. The summed E-state index contributed by atoms with van der Waals surface area (Å²) in [7, 11) is 0. The normalized spacial score (nSPS) is 22.1. The Labute approximate surface area is 110 Å². The molecule has 4 heteroatoms. The summed E-state index contributed by atoms with van der Waals surface area (Å²) in [5, 5.41) is 4.65. The van der Waals surface area contributed by atoms with Crippen molar-refractivity contribution in [3.63, 3.8) is 0 Å². The van der Waals surface area contributed by atoms with E-state index < -0.39 is 5.95 Å². The van der Waals surface area contributed by atoms with Crippen LogP contribution in [0, 0.1) is 5.95 Å². The van der Waals surface area contributed by atoms with Crippen molar-refractivity contribution in [3.8, 4) is 0 Å². The van der Waals surface area contributed by atoms with Gasteiger partial charge in [0.2, 0.25) is 5.95 Å². The zero-order valence-corrected chi connectivity index (χ0v) is 10.6. The van der Waals surface area contributed by atoms with Gasteiger partial charge >= 0.3 is 0 Å². The third-order valence-corrected chi connectivity index (χ3v) is 3.99. The van der Waals surface area contributed by atoms with E-state index in [4.69, 9.17) is 4.74 Å². The van der Waals surface area contributed by atoms with Gasteiger partial charge in [-0.3, -0.25) is 0 Å². The molecule has 2 aromatic rings. The van der Waals surface area contributed by atoms with Crippen LogP contribution in [-0.4, -0.2) is 16.4 Å². The number of ether oxygens (including phenoxy) is 1. The molecule has 1 saturated heterocycles. The molecule has 1 atom stereocenters. The average molecular weight is 258 g/mol. The number of rotatable bonds is 1. The highest BCUT2D eigenvalue weighted by atomic mass is 19.1. The fourth-order valence-corrected chi connectivity index (χ4v) is 2.99. The number of benzene rings is 1. The van der Waals surface area contributed by atoms with E-state index in [1.54, 1.807) is 4.68 Å². The van der Waals surface area contributed by atoms with Crippen LogP contribution >= 0.6 is 0 Å². The summed E-state index contributed by atoms with van der Waals surface area (Å²) in [6.07, 6.45) is 8.05. The highest BCUT2D eigenvalue weighted by molar-refractivity contribution is 5.84. The SMILES string of the molecule is Fc1nn(C2CCCCO2)c2cc3c(cc12)C=CC3. The molecule has 1 unspecified atom stereocenters.